The van der Waals surface area contributed by atoms with Crippen molar-refractivity contribution in [3.8, 4) is 17.2 Å². The highest BCUT2D eigenvalue weighted by atomic mass is 32.2. The molecule has 1 N–H and O–H groups in total. The molecule has 0 aliphatic carbocycles. The van der Waals surface area contributed by atoms with Gasteiger partial charge in [0.1, 0.15) is 22.1 Å². The molecule has 5 nitrogen and oxygen atoms in total. The fraction of sp³-hybridized carbons (Fsp3) is 0.0588. The van der Waals surface area contributed by atoms with Crippen molar-refractivity contribution in [1.29, 1.82) is 0 Å². The standard InChI is InChI=1S/C17H14O5S/c1-21-14-9-13(18)10-15(11-14)22-23(19,20)17-8-4-6-12-5-2-3-7-16(12)17/h2-11,18H,1H3. The number of hydrogen-bond acceptors (Lipinski definition) is 5. The van der Waals surface area contributed by atoms with Crippen molar-refractivity contribution in [2.24, 2.45) is 0 Å². The molecule has 0 aromatic heterocycles. The minimum Gasteiger partial charge on any atom is -0.508 e. The highest BCUT2D eigenvalue weighted by Crippen LogP contribution is 2.30. The molecule has 3 aromatic rings. The lowest BCUT2D eigenvalue weighted by atomic mass is 10.1. The Balaban J connectivity index is 2.06. The van der Waals surface area contributed by atoms with Crippen molar-refractivity contribution in [2.75, 3.05) is 7.11 Å². The Morgan fingerprint density at radius 2 is 1.61 bits per heavy atom. The van der Waals surface area contributed by atoms with Crippen LogP contribution in [0.5, 0.6) is 17.2 Å². The Hall–Kier alpha value is -2.73. The summed E-state index contributed by atoms with van der Waals surface area (Å²) >= 11 is 0. The molecular weight excluding hydrogens is 316 g/mol. The van der Waals surface area contributed by atoms with Crippen LogP contribution in [0.15, 0.2) is 65.6 Å². The van der Waals surface area contributed by atoms with E-state index in [-0.39, 0.29) is 16.4 Å². The molecule has 0 bridgehead atoms. The first-order valence-electron chi connectivity index (χ1n) is 6.80. The van der Waals surface area contributed by atoms with Crippen molar-refractivity contribution < 1.29 is 22.4 Å². The van der Waals surface area contributed by atoms with Gasteiger partial charge in [0.05, 0.1) is 7.11 Å². The first-order chi connectivity index (χ1) is 11.0. The van der Waals surface area contributed by atoms with Crippen LogP contribution >= 0.6 is 0 Å². The molecule has 0 aliphatic rings. The van der Waals surface area contributed by atoms with Crippen LogP contribution in [-0.2, 0) is 10.1 Å². The molecule has 0 atom stereocenters. The fourth-order valence-corrected chi connectivity index (χ4v) is 3.45. The van der Waals surface area contributed by atoms with E-state index in [1.807, 2.05) is 18.2 Å². The van der Waals surface area contributed by atoms with E-state index in [0.29, 0.717) is 11.1 Å². The lowest BCUT2D eigenvalue weighted by molar-refractivity contribution is 0.403. The van der Waals surface area contributed by atoms with Crippen LogP contribution in [0.2, 0.25) is 0 Å². The minimum absolute atomic E-state index is 0.0187. The molecule has 0 heterocycles. The van der Waals surface area contributed by atoms with Crippen LogP contribution in [-0.4, -0.2) is 20.6 Å². The van der Waals surface area contributed by atoms with E-state index in [1.54, 1.807) is 18.2 Å². The maximum atomic E-state index is 12.6. The van der Waals surface area contributed by atoms with E-state index in [9.17, 15) is 13.5 Å². The predicted molar refractivity (Wildman–Crippen MR) is 86.4 cm³/mol. The number of aromatic hydroxyl groups is 1. The van der Waals surface area contributed by atoms with Crippen molar-refractivity contribution in [3.63, 3.8) is 0 Å². The SMILES string of the molecule is COc1cc(O)cc(OS(=O)(=O)c2cccc3ccccc23)c1. The fourth-order valence-electron chi connectivity index (χ4n) is 2.31. The Kier molecular flexibility index (Phi) is 3.83. The van der Waals surface area contributed by atoms with Crippen molar-refractivity contribution in [3.05, 3.63) is 60.7 Å². The zero-order valence-corrected chi connectivity index (χ0v) is 13.1. The molecule has 0 amide bonds. The Labute approximate surface area is 133 Å². The smallest absolute Gasteiger partial charge is 0.339 e. The molecular formula is C17H14O5S. The molecule has 0 spiro atoms. The van der Waals surface area contributed by atoms with Gasteiger partial charge >= 0.3 is 10.1 Å². The van der Waals surface area contributed by atoms with E-state index in [4.69, 9.17) is 8.92 Å². The largest absolute Gasteiger partial charge is 0.508 e. The number of rotatable bonds is 4. The van der Waals surface area contributed by atoms with Gasteiger partial charge in [-0.2, -0.15) is 8.42 Å². The van der Waals surface area contributed by atoms with Gasteiger partial charge in [-0.1, -0.05) is 36.4 Å². The summed E-state index contributed by atoms with van der Waals surface area (Å²) in [5.41, 5.74) is 0. The maximum Gasteiger partial charge on any atom is 0.339 e. The molecule has 6 heteroatoms. The van der Waals surface area contributed by atoms with Gasteiger partial charge in [-0.25, -0.2) is 0 Å². The van der Waals surface area contributed by atoms with Crippen LogP contribution in [0.3, 0.4) is 0 Å². The normalized spacial score (nSPS) is 11.3. The monoisotopic (exact) mass is 330 g/mol. The summed E-state index contributed by atoms with van der Waals surface area (Å²) in [5, 5.41) is 11.0. The number of hydrogen-bond donors (Lipinski definition) is 1. The summed E-state index contributed by atoms with van der Waals surface area (Å²) in [4.78, 5) is 0.0675. The Morgan fingerprint density at radius 1 is 0.913 bits per heavy atom. The zero-order chi connectivity index (χ0) is 16.4. The molecule has 3 rings (SSSR count). The van der Waals surface area contributed by atoms with Crippen LogP contribution < -0.4 is 8.92 Å². The molecule has 0 fully saturated rings. The number of fused-ring (bicyclic) bond motifs is 1. The molecule has 3 aromatic carbocycles. The lowest BCUT2D eigenvalue weighted by Crippen LogP contribution is -2.10. The second-order valence-electron chi connectivity index (χ2n) is 4.88. The zero-order valence-electron chi connectivity index (χ0n) is 12.3. The van der Waals surface area contributed by atoms with Gasteiger partial charge in [0.2, 0.25) is 0 Å². The van der Waals surface area contributed by atoms with Crippen molar-refractivity contribution in [2.45, 2.75) is 4.90 Å². The first-order valence-corrected chi connectivity index (χ1v) is 8.21. The molecule has 0 radical (unpaired) electrons. The van der Waals surface area contributed by atoms with Gasteiger partial charge in [-0.05, 0) is 11.5 Å². The second kappa shape index (κ2) is 5.81. The third-order valence-corrected chi connectivity index (χ3v) is 4.63. The van der Waals surface area contributed by atoms with Gasteiger partial charge in [0.15, 0.2) is 0 Å². The molecule has 0 aliphatic heterocycles. The van der Waals surface area contributed by atoms with E-state index >= 15 is 0 Å². The van der Waals surface area contributed by atoms with Crippen molar-refractivity contribution in [1.82, 2.24) is 0 Å². The number of methoxy groups -OCH3 is 1. The van der Waals surface area contributed by atoms with E-state index in [0.717, 1.165) is 5.39 Å². The lowest BCUT2D eigenvalue weighted by Gasteiger charge is -2.11. The van der Waals surface area contributed by atoms with Crippen LogP contribution in [0.4, 0.5) is 0 Å². The van der Waals surface area contributed by atoms with Gasteiger partial charge in [-0.15, -0.1) is 0 Å². The van der Waals surface area contributed by atoms with Crippen LogP contribution in [0.25, 0.3) is 10.8 Å². The number of phenolic OH excluding ortho intramolecular Hbond substituents is 1. The molecule has 23 heavy (non-hydrogen) atoms. The molecule has 0 saturated heterocycles. The first kappa shape index (κ1) is 15.2. The van der Waals surface area contributed by atoms with E-state index in [1.165, 1.54) is 31.4 Å². The van der Waals surface area contributed by atoms with E-state index in [2.05, 4.69) is 0 Å². The highest BCUT2D eigenvalue weighted by molar-refractivity contribution is 7.87. The highest BCUT2D eigenvalue weighted by Gasteiger charge is 2.20. The molecule has 0 saturated carbocycles. The average molecular weight is 330 g/mol. The third kappa shape index (κ3) is 3.07. The van der Waals surface area contributed by atoms with Gasteiger partial charge in [0.25, 0.3) is 0 Å². The minimum atomic E-state index is -4.05. The second-order valence-corrected chi connectivity index (χ2v) is 6.40. The Morgan fingerprint density at radius 3 is 2.39 bits per heavy atom. The van der Waals surface area contributed by atoms with Gasteiger partial charge < -0.3 is 14.0 Å². The maximum absolute atomic E-state index is 12.6. The summed E-state index contributed by atoms with van der Waals surface area (Å²) in [6.07, 6.45) is 0. The average Bonchev–Trinajstić information content (AvgIpc) is 2.53. The Bertz CT molecular complexity index is 958. The topological polar surface area (TPSA) is 72.8 Å². The van der Waals surface area contributed by atoms with Gasteiger partial charge in [-0.3, -0.25) is 0 Å². The van der Waals surface area contributed by atoms with E-state index < -0.39 is 10.1 Å². The van der Waals surface area contributed by atoms with Crippen LogP contribution in [0, 0.1) is 0 Å². The summed E-state index contributed by atoms with van der Waals surface area (Å²) in [6.45, 7) is 0. The molecule has 118 valence electrons. The number of ether oxygens (including phenoxy) is 1. The van der Waals surface area contributed by atoms with Gasteiger partial charge in [0, 0.05) is 23.6 Å². The number of benzene rings is 3. The van der Waals surface area contributed by atoms with Crippen molar-refractivity contribution >= 4 is 20.9 Å². The summed E-state index contributed by atoms with van der Waals surface area (Å²) in [7, 11) is -2.63. The molecule has 0 unspecified atom stereocenters. The third-order valence-electron chi connectivity index (χ3n) is 3.33. The van der Waals surface area contributed by atoms with Crippen LogP contribution in [0.1, 0.15) is 0 Å². The quantitative estimate of drug-likeness (QED) is 0.743. The summed E-state index contributed by atoms with van der Waals surface area (Å²) in [6, 6.07) is 16.1. The summed E-state index contributed by atoms with van der Waals surface area (Å²) in [5.74, 6) is 0.135. The summed E-state index contributed by atoms with van der Waals surface area (Å²) < 4.78 is 35.3. The number of phenols is 1. The predicted octanol–water partition coefficient (Wildman–Crippen LogP) is 3.32.